The van der Waals surface area contributed by atoms with Gasteiger partial charge in [0.2, 0.25) is 5.91 Å². The number of amides is 5. The van der Waals surface area contributed by atoms with Gasteiger partial charge in [0.25, 0.3) is 0 Å². The Hall–Kier alpha value is -1.79. The van der Waals surface area contributed by atoms with E-state index in [1.165, 1.54) is 4.90 Å². The molecule has 7 nitrogen and oxygen atoms in total. The standard InChI is InChI=1S/C5H8N2O2.C5H10N2O.2CH4/c1-7-3-2-4(8)6-5(7)9;1-7-4-2-3-6-5(7)8;;/h2-3H2,1H3,(H,6,8,9);2-4H2,1H3,(H,6,8);2*1H4. The fourth-order valence-electron chi connectivity index (χ4n) is 1.40. The third-order valence-electron chi connectivity index (χ3n) is 2.56. The summed E-state index contributed by atoms with van der Waals surface area (Å²) in [4.78, 5) is 34.8. The van der Waals surface area contributed by atoms with Crippen LogP contribution in [0.2, 0.25) is 0 Å². The third kappa shape index (κ3) is 6.64. The molecule has 7 heteroatoms. The first-order valence-corrected chi connectivity index (χ1v) is 5.54. The number of hydrogen-bond donors (Lipinski definition) is 2. The van der Waals surface area contributed by atoms with Crippen molar-refractivity contribution in [3.63, 3.8) is 0 Å². The Bertz CT molecular complexity index is 320. The van der Waals surface area contributed by atoms with Gasteiger partial charge >= 0.3 is 12.1 Å². The highest BCUT2D eigenvalue weighted by Crippen LogP contribution is 1.94. The molecule has 0 atom stereocenters. The zero-order valence-electron chi connectivity index (χ0n) is 10.2. The first-order chi connectivity index (χ1) is 8.00. The van der Waals surface area contributed by atoms with Crippen LogP contribution in [-0.4, -0.2) is 61.5 Å². The molecule has 0 spiro atoms. The van der Waals surface area contributed by atoms with Crippen molar-refractivity contribution in [3.8, 4) is 0 Å². The number of nitrogens with zero attached hydrogens (tertiary/aromatic N) is 2. The second-order valence-corrected chi connectivity index (χ2v) is 4.03. The van der Waals surface area contributed by atoms with E-state index >= 15 is 0 Å². The van der Waals surface area contributed by atoms with Gasteiger partial charge in [-0.05, 0) is 6.42 Å². The minimum absolute atomic E-state index is 0. The molecule has 0 radical (unpaired) electrons. The summed E-state index contributed by atoms with van der Waals surface area (Å²) in [5.74, 6) is -0.182. The van der Waals surface area contributed by atoms with Crippen molar-refractivity contribution in [1.29, 1.82) is 0 Å². The predicted molar refractivity (Wildman–Crippen MR) is 74.9 cm³/mol. The SMILES string of the molecule is C.C.CN1CCC(=O)NC1=O.CN1CCCNC1=O. The Labute approximate surface area is 115 Å². The average Bonchev–Trinajstić information content (AvgIpc) is 2.29. The molecule has 112 valence electrons. The Kier molecular flexibility index (Phi) is 9.45. The van der Waals surface area contributed by atoms with Gasteiger partial charge in [-0.15, -0.1) is 0 Å². The molecule has 2 heterocycles. The monoisotopic (exact) mass is 274 g/mol. The number of carbonyl (C=O) groups excluding carboxylic acids is 3. The topological polar surface area (TPSA) is 81.8 Å². The van der Waals surface area contributed by atoms with E-state index < -0.39 is 0 Å². The van der Waals surface area contributed by atoms with Gasteiger partial charge < -0.3 is 15.1 Å². The van der Waals surface area contributed by atoms with Crippen LogP contribution in [0.25, 0.3) is 0 Å². The molecule has 2 rings (SSSR count). The lowest BCUT2D eigenvalue weighted by atomic mass is 10.3. The molecule has 0 bridgehead atoms. The van der Waals surface area contributed by atoms with Crippen molar-refractivity contribution in [2.75, 3.05) is 33.7 Å². The van der Waals surface area contributed by atoms with Crippen molar-refractivity contribution >= 4 is 18.0 Å². The summed E-state index contributed by atoms with van der Waals surface area (Å²) < 4.78 is 0. The van der Waals surface area contributed by atoms with Crippen LogP contribution in [0.5, 0.6) is 0 Å². The molecule has 0 unspecified atom stereocenters. The summed E-state index contributed by atoms with van der Waals surface area (Å²) in [5, 5.41) is 4.90. The lowest BCUT2D eigenvalue weighted by molar-refractivity contribution is -0.121. The second kappa shape index (κ2) is 9.18. The van der Waals surface area contributed by atoms with Crippen molar-refractivity contribution in [2.45, 2.75) is 27.7 Å². The Morgan fingerprint density at radius 2 is 1.53 bits per heavy atom. The summed E-state index contributed by atoms with van der Waals surface area (Å²) in [6.45, 7) is 2.26. The van der Waals surface area contributed by atoms with Crippen LogP contribution in [0.4, 0.5) is 9.59 Å². The molecule has 0 saturated carbocycles. The van der Waals surface area contributed by atoms with Gasteiger partial charge in [-0.3, -0.25) is 10.1 Å². The van der Waals surface area contributed by atoms with Gasteiger partial charge in [0.05, 0.1) is 0 Å². The fraction of sp³-hybridized carbons (Fsp3) is 0.750. The number of urea groups is 2. The number of rotatable bonds is 0. The summed E-state index contributed by atoms with van der Waals surface area (Å²) in [6.07, 6.45) is 1.49. The molecule has 19 heavy (non-hydrogen) atoms. The number of hydrogen-bond acceptors (Lipinski definition) is 3. The van der Waals surface area contributed by atoms with E-state index in [0.717, 1.165) is 19.5 Å². The van der Waals surface area contributed by atoms with Crippen molar-refractivity contribution in [1.82, 2.24) is 20.4 Å². The maximum Gasteiger partial charge on any atom is 0.323 e. The second-order valence-electron chi connectivity index (χ2n) is 4.03. The van der Waals surface area contributed by atoms with E-state index in [2.05, 4.69) is 10.6 Å². The summed E-state index contributed by atoms with van der Waals surface area (Å²) in [5.41, 5.74) is 0. The summed E-state index contributed by atoms with van der Waals surface area (Å²) in [6, 6.07) is -0.248. The first kappa shape index (κ1) is 19.5. The average molecular weight is 274 g/mol. The lowest BCUT2D eigenvalue weighted by Gasteiger charge is -2.22. The quantitative estimate of drug-likeness (QED) is 0.687. The van der Waals surface area contributed by atoms with E-state index in [4.69, 9.17) is 0 Å². The first-order valence-electron chi connectivity index (χ1n) is 5.54. The Morgan fingerprint density at radius 1 is 0.947 bits per heavy atom. The summed E-state index contributed by atoms with van der Waals surface area (Å²) >= 11 is 0. The number of imide groups is 1. The minimum atomic E-state index is -0.300. The molecular weight excluding hydrogens is 248 g/mol. The predicted octanol–water partition coefficient (Wildman–Crippen LogP) is 0.862. The molecule has 5 amide bonds. The molecule has 0 aliphatic carbocycles. The molecular formula is C12H26N4O3. The summed E-state index contributed by atoms with van der Waals surface area (Å²) in [7, 11) is 3.45. The molecule has 2 aliphatic rings. The van der Waals surface area contributed by atoms with Crippen molar-refractivity contribution < 1.29 is 14.4 Å². The zero-order chi connectivity index (χ0) is 12.8. The van der Waals surface area contributed by atoms with Gasteiger partial charge in [0, 0.05) is 40.2 Å². The fourth-order valence-corrected chi connectivity index (χ4v) is 1.40. The van der Waals surface area contributed by atoms with Crippen molar-refractivity contribution in [3.05, 3.63) is 0 Å². The van der Waals surface area contributed by atoms with Crippen LogP contribution in [0, 0.1) is 0 Å². The number of carbonyl (C=O) groups is 3. The van der Waals surface area contributed by atoms with Gasteiger partial charge in [0.15, 0.2) is 0 Å². The molecule has 0 aromatic rings. The largest absolute Gasteiger partial charge is 0.338 e. The maximum atomic E-state index is 10.6. The minimum Gasteiger partial charge on any atom is -0.338 e. The van der Waals surface area contributed by atoms with Crippen LogP contribution >= 0.6 is 0 Å². The Balaban J connectivity index is 0. The molecule has 0 aromatic heterocycles. The normalized spacial score (nSPS) is 18.1. The van der Waals surface area contributed by atoms with Crippen LogP contribution in [0.1, 0.15) is 27.7 Å². The van der Waals surface area contributed by atoms with E-state index in [9.17, 15) is 14.4 Å². The van der Waals surface area contributed by atoms with E-state index in [-0.39, 0.29) is 32.8 Å². The van der Waals surface area contributed by atoms with E-state index in [0.29, 0.717) is 13.0 Å². The molecule has 0 aromatic carbocycles. The van der Waals surface area contributed by atoms with E-state index in [1.54, 1.807) is 19.0 Å². The van der Waals surface area contributed by atoms with E-state index in [1.807, 2.05) is 0 Å². The van der Waals surface area contributed by atoms with Gasteiger partial charge in [-0.1, -0.05) is 14.9 Å². The van der Waals surface area contributed by atoms with Gasteiger partial charge in [0.1, 0.15) is 0 Å². The molecule has 2 fully saturated rings. The zero-order valence-corrected chi connectivity index (χ0v) is 10.2. The van der Waals surface area contributed by atoms with Crippen LogP contribution < -0.4 is 10.6 Å². The van der Waals surface area contributed by atoms with Crippen LogP contribution in [0.3, 0.4) is 0 Å². The third-order valence-corrected chi connectivity index (χ3v) is 2.56. The number of nitrogens with one attached hydrogen (secondary N) is 2. The highest BCUT2D eigenvalue weighted by molar-refractivity contribution is 5.96. The maximum absolute atomic E-state index is 10.6. The molecule has 2 N–H and O–H groups in total. The van der Waals surface area contributed by atoms with Gasteiger partial charge in [-0.25, -0.2) is 9.59 Å². The van der Waals surface area contributed by atoms with Crippen molar-refractivity contribution in [2.24, 2.45) is 0 Å². The molecule has 2 saturated heterocycles. The lowest BCUT2D eigenvalue weighted by Crippen LogP contribution is -2.47. The highest BCUT2D eigenvalue weighted by atomic mass is 16.2. The molecule has 2 aliphatic heterocycles. The highest BCUT2D eigenvalue weighted by Gasteiger charge is 2.18. The smallest absolute Gasteiger partial charge is 0.323 e. The van der Waals surface area contributed by atoms with Gasteiger partial charge in [-0.2, -0.15) is 0 Å². The van der Waals surface area contributed by atoms with Crippen LogP contribution in [-0.2, 0) is 4.79 Å². The van der Waals surface area contributed by atoms with Crippen LogP contribution in [0.15, 0.2) is 0 Å². The Morgan fingerprint density at radius 3 is 1.89 bits per heavy atom.